The quantitative estimate of drug-likeness (QED) is 0.931. The summed E-state index contributed by atoms with van der Waals surface area (Å²) >= 11 is 0. The fraction of sp³-hybridized carbons (Fsp3) is 0.500. The Morgan fingerprint density at radius 1 is 1.20 bits per heavy atom. The first kappa shape index (κ1) is 13.3. The Balaban J connectivity index is 2.16. The van der Waals surface area contributed by atoms with Crippen LogP contribution in [0.25, 0.3) is 5.69 Å². The van der Waals surface area contributed by atoms with Gasteiger partial charge in [0.2, 0.25) is 0 Å². The Morgan fingerprint density at radius 2 is 1.95 bits per heavy atom. The zero-order valence-electron chi connectivity index (χ0n) is 12.4. The lowest BCUT2D eigenvalue weighted by Crippen LogP contribution is -2.37. The fourth-order valence-electron chi connectivity index (χ4n) is 3.22. The monoisotopic (exact) mass is 270 g/mol. The molecule has 0 bridgehead atoms. The number of benzene rings is 1. The molecule has 20 heavy (non-hydrogen) atoms. The lowest BCUT2D eigenvalue weighted by Gasteiger charge is -2.32. The predicted octanol–water partition coefficient (Wildman–Crippen LogP) is 2.46. The van der Waals surface area contributed by atoms with Crippen molar-refractivity contribution in [2.24, 2.45) is 5.92 Å². The maximum atomic E-state index is 4.54. The molecule has 1 atom stereocenters. The molecule has 0 spiro atoms. The van der Waals surface area contributed by atoms with E-state index in [0.29, 0.717) is 5.92 Å². The van der Waals surface area contributed by atoms with Crippen molar-refractivity contribution in [1.82, 2.24) is 20.1 Å². The zero-order valence-corrected chi connectivity index (χ0v) is 12.4. The first-order valence-corrected chi connectivity index (χ1v) is 7.34. The van der Waals surface area contributed by atoms with Gasteiger partial charge in [-0.25, -0.2) is 0 Å². The zero-order chi connectivity index (χ0) is 14.2. The third kappa shape index (κ3) is 1.95. The SMILES string of the molecule is Cc1nnc(C2(C(C)C)CCNC2)n1-c1ccccc1. The molecule has 4 heteroatoms. The van der Waals surface area contributed by atoms with Gasteiger partial charge in [0.1, 0.15) is 11.6 Å². The maximum Gasteiger partial charge on any atom is 0.145 e. The summed E-state index contributed by atoms with van der Waals surface area (Å²) in [6.07, 6.45) is 1.12. The average molecular weight is 270 g/mol. The average Bonchev–Trinajstić information content (AvgIpc) is 3.07. The van der Waals surface area contributed by atoms with Crippen LogP contribution in [0.1, 0.15) is 31.9 Å². The van der Waals surface area contributed by atoms with E-state index >= 15 is 0 Å². The topological polar surface area (TPSA) is 42.7 Å². The maximum absolute atomic E-state index is 4.54. The molecule has 106 valence electrons. The highest BCUT2D eigenvalue weighted by Gasteiger charge is 2.43. The molecule has 1 N–H and O–H groups in total. The molecule has 2 aromatic rings. The smallest absolute Gasteiger partial charge is 0.145 e. The minimum atomic E-state index is 0.0805. The van der Waals surface area contributed by atoms with Crippen LogP contribution in [0.2, 0.25) is 0 Å². The first-order valence-electron chi connectivity index (χ1n) is 7.34. The van der Waals surface area contributed by atoms with Gasteiger partial charge in [-0.05, 0) is 37.9 Å². The predicted molar refractivity (Wildman–Crippen MR) is 80.1 cm³/mol. The van der Waals surface area contributed by atoms with Crippen LogP contribution >= 0.6 is 0 Å². The first-order chi connectivity index (χ1) is 9.65. The molecule has 0 radical (unpaired) electrons. The van der Waals surface area contributed by atoms with Crippen molar-refractivity contribution in [3.05, 3.63) is 42.0 Å². The number of aryl methyl sites for hydroxylation is 1. The Labute approximate surface area is 120 Å². The third-order valence-electron chi connectivity index (χ3n) is 4.58. The van der Waals surface area contributed by atoms with Crippen LogP contribution in [0.15, 0.2) is 30.3 Å². The minimum absolute atomic E-state index is 0.0805. The Bertz CT molecular complexity index is 580. The second-order valence-corrected chi connectivity index (χ2v) is 5.98. The standard InChI is InChI=1S/C16H22N4/c1-12(2)16(9-10-17-11-16)15-19-18-13(3)20(15)14-7-5-4-6-8-14/h4-8,12,17H,9-11H2,1-3H3. The van der Waals surface area contributed by atoms with Gasteiger partial charge in [0.25, 0.3) is 0 Å². The van der Waals surface area contributed by atoms with Crippen molar-refractivity contribution in [2.75, 3.05) is 13.1 Å². The van der Waals surface area contributed by atoms with Crippen molar-refractivity contribution in [2.45, 2.75) is 32.6 Å². The lowest BCUT2D eigenvalue weighted by molar-refractivity contribution is 0.313. The number of hydrogen-bond acceptors (Lipinski definition) is 3. The molecule has 3 rings (SSSR count). The molecule has 0 saturated carbocycles. The highest BCUT2D eigenvalue weighted by molar-refractivity contribution is 5.36. The summed E-state index contributed by atoms with van der Waals surface area (Å²) in [5.41, 5.74) is 1.23. The van der Waals surface area contributed by atoms with Crippen LogP contribution in [0, 0.1) is 12.8 Å². The van der Waals surface area contributed by atoms with Crippen molar-refractivity contribution < 1.29 is 0 Å². The van der Waals surface area contributed by atoms with Gasteiger partial charge in [0.15, 0.2) is 0 Å². The third-order valence-corrected chi connectivity index (χ3v) is 4.58. The number of rotatable bonds is 3. The van der Waals surface area contributed by atoms with Gasteiger partial charge in [0, 0.05) is 17.6 Å². The number of nitrogens with one attached hydrogen (secondary N) is 1. The molecule has 0 aliphatic carbocycles. The highest BCUT2D eigenvalue weighted by atomic mass is 15.3. The van der Waals surface area contributed by atoms with E-state index in [1.165, 1.54) is 0 Å². The van der Waals surface area contributed by atoms with Crippen LogP contribution < -0.4 is 5.32 Å². The van der Waals surface area contributed by atoms with Crippen LogP contribution in [0.4, 0.5) is 0 Å². The van der Waals surface area contributed by atoms with Crippen molar-refractivity contribution in [1.29, 1.82) is 0 Å². The number of aromatic nitrogens is 3. The summed E-state index contributed by atoms with van der Waals surface area (Å²) in [7, 11) is 0. The summed E-state index contributed by atoms with van der Waals surface area (Å²) < 4.78 is 2.22. The van der Waals surface area contributed by atoms with Crippen molar-refractivity contribution in [3.8, 4) is 5.69 Å². The molecular weight excluding hydrogens is 248 g/mol. The molecule has 1 unspecified atom stereocenters. The van der Waals surface area contributed by atoms with Gasteiger partial charge in [-0.15, -0.1) is 10.2 Å². The molecule has 0 amide bonds. The van der Waals surface area contributed by atoms with Crippen LogP contribution in [-0.2, 0) is 5.41 Å². The summed E-state index contributed by atoms with van der Waals surface area (Å²) in [5, 5.41) is 12.4. The molecule has 1 aliphatic heterocycles. The van der Waals surface area contributed by atoms with E-state index in [0.717, 1.165) is 36.8 Å². The van der Waals surface area contributed by atoms with Gasteiger partial charge in [-0.2, -0.15) is 0 Å². The summed E-state index contributed by atoms with van der Waals surface area (Å²) in [6.45, 7) is 8.63. The van der Waals surface area contributed by atoms with E-state index in [4.69, 9.17) is 0 Å². The molecule has 2 heterocycles. The molecule has 1 aromatic heterocycles. The summed E-state index contributed by atoms with van der Waals surface area (Å²) in [6, 6.07) is 10.4. The van der Waals surface area contributed by atoms with Crippen LogP contribution in [0.5, 0.6) is 0 Å². The van der Waals surface area contributed by atoms with E-state index in [-0.39, 0.29) is 5.41 Å². The molecule has 1 fully saturated rings. The minimum Gasteiger partial charge on any atom is -0.316 e. The van der Waals surface area contributed by atoms with Gasteiger partial charge < -0.3 is 5.32 Å². The largest absolute Gasteiger partial charge is 0.316 e. The number of hydrogen-bond donors (Lipinski definition) is 1. The van der Waals surface area contributed by atoms with Gasteiger partial charge in [-0.1, -0.05) is 32.0 Å². The Morgan fingerprint density at radius 3 is 2.55 bits per heavy atom. The molecule has 1 saturated heterocycles. The molecule has 4 nitrogen and oxygen atoms in total. The Hall–Kier alpha value is -1.68. The highest BCUT2D eigenvalue weighted by Crippen LogP contribution is 2.38. The number of para-hydroxylation sites is 1. The van der Waals surface area contributed by atoms with Crippen LogP contribution in [0.3, 0.4) is 0 Å². The van der Waals surface area contributed by atoms with E-state index in [1.807, 2.05) is 13.0 Å². The molecule has 1 aliphatic rings. The van der Waals surface area contributed by atoms with E-state index in [1.54, 1.807) is 0 Å². The van der Waals surface area contributed by atoms with Gasteiger partial charge in [-0.3, -0.25) is 4.57 Å². The van der Waals surface area contributed by atoms with Crippen molar-refractivity contribution >= 4 is 0 Å². The second kappa shape index (κ2) is 5.02. The Kier molecular flexibility index (Phi) is 3.34. The normalized spacial score (nSPS) is 22.6. The lowest BCUT2D eigenvalue weighted by atomic mass is 9.75. The summed E-state index contributed by atoms with van der Waals surface area (Å²) in [4.78, 5) is 0. The van der Waals surface area contributed by atoms with E-state index in [2.05, 4.69) is 58.2 Å². The van der Waals surface area contributed by atoms with Crippen molar-refractivity contribution in [3.63, 3.8) is 0 Å². The van der Waals surface area contributed by atoms with Gasteiger partial charge in [0.05, 0.1) is 0 Å². The fourth-order valence-corrected chi connectivity index (χ4v) is 3.22. The second-order valence-electron chi connectivity index (χ2n) is 5.98. The molecule has 1 aromatic carbocycles. The van der Waals surface area contributed by atoms with E-state index in [9.17, 15) is 0 Å². The summed E-state index contributed by atoms with van der Waals surface area (Å²) in [5.74, 6) is 2.59. The van der Waals surface area contributed by atoms with E-state index < -0.39 is 0 Å². The number of nitrogens with zero attached hydrogens (tertiary/aromatic N) is 3. The van der Waals surface area contributed by atoms with Gasteiger partial charge >= 0.3 is 0 Å². The van der Waals surface area contributed by atoms with Crippen LogP contribution in [-0.4, -0.2) is 27.9 Å². The molecular formula is C16H22N4.